The van der Waals surface area contributed by atoms with Crippen molar-refractivity contribution in [2.24, 2.45) is 5.92 Å². The van der Waals surface area contributed by atoms with Gasteiger partial charge >= 0.3 is 0 Å². The van der Waals surface area contributed by atoms with Crippen LogP contribution in [-0.2, 0) is 4.79 Å². The number of rotatable bonds is 5. The number of alkyl halides is 2. The van der Waals surface area contributed by atoms with Crippen LogP contribution in [0.25, 0.3) is 0 Å². The maximum absolute atomic E-state index is 13.7. The van der Waals surface area contributed by atoms with Crippen LogP contribution in [-0.4, -0.2) is 26.1 Å². The Labute approximate surface area is 212 Å². The molecule has 33 heavy (non-hydrogen) atoms. The lowest BCUT2D eigenvalue weighted by Crippen LogP contribution is -2.18. The fourth-order valence-corrected chi connectivity index (χ4v) is 4.97. The molecular weight excluding hydrogens is 537 g/mol. The van der Waals surface area contributed by atoms with Crippen molar-refractivity contribution in [2.45, 2.75) is 10.3 Å². The van der Waals surface area contributed by atoms with Gasteiger partial charge in [-0.1, -0.05) is 34.8 Å². The summed E-state index contributed by atoms with van der Waals surface area (Å²) in [6.45, 7) is 0. The van der Waals surface area contributed by atoms with Crippen LogP contribution in [0.3, 0.4) is 0 Å². The number of anilines is 2. The van der Waals surface area contributed by atoms with E-state index in [0.717, 1.165) is 12.5 Å². The first-order chi connectivity index (χ1) is 15.6. The first-order valence-corrected chi connectivity index (χ1v) is 11.2. The van der Waals surface area contributed by atoms with Crippen molar-refractivity contribution < 1.29 is 14.0 Å². The molecule has 6 nitrogen and oxygen atoms in total. The molecule has 0 saturated heterocycles. The molecule has 1 aliphatic rings. The molecule has 2 amide bonds. The number of benzene rings is 2. The van der Waals surface area contributed by atoms with E-state index in [1.807, 2.05) is 0 Å². The minimum absolute atomic E-state index is 0.00976. The summed E-state index contributed by atoms with van der Waals surface area (Å²) in [6.07, 6.45) is 1.99. The molecule has 4 rings (SSSR count). The summed E-state index contributed by atoms with van der Waals surface area (Å²) in [5.74, 6) is -3.65. The lowest BCUT2D eigenvalue weighted by molar-refractivity contribution is -0.117. The molecule has 1 saturated carbocycles. The van der Waals surface area contributed by atoms with Gasteiger partial charge in [-0.2, -0.15) is 0 Å². The van der Waals surface area contributed by atoms with Crippen LogP contribution >= 0.6 is 58.0 Å². The number of carbonyl (C=O) groups is 2. The minimum Gasteiger partial charge on any atom is -0.326 e. The van der Waals surface area contributed by atoms with E-state index in [4.69, 9.17) is 58.0 Å². The zero-order chi connectivity index (χ0) is 23.9. The maximum Gasteiger partial charge on any atom is 0.258 e. The molecule has 0 radical (unpaired) electrons. The first kappa shape index (κ1) is 24.0. The Kier molecular flexibility index (Phi) is 6.71. The monoisotopic (exact) mass is 546 g/mol. The Bertz CT molecular complexity index is 1250. The normalized spacial score (nSPS) is 18.5. The number of hydrogen-bond acceptors (Lipinski definition) is 4. The van der Waals surface area contributed by atoms with Crippen LogP contribution in [0.15, 0.2) is 48.9 Å². The average Bonchev–Trinajstić information content (AvgIpc) is 3.32. The summed E-state index contributed by atoms with van der Waals surface area (Å²) in [6, 6.07) is 9.09. The molecule has 2 aromatic carbocycles. The molecular formula is C21H12Cl5FN4O2. The number of carbonyl (C=O) groups excluding carboxylic acids is 2. The van der Waals surface area contributed by atoms with E-state index >= 15 is 0 Å². The summed E-state index contributed by atoms with van der Waals surface area (Å²) in [7, 11) is 0. The Morgan fingerprint density at radius 2 is 1.70 bits per heavy atom. The van der Waals surface area contributed by atoms with E-state index in [1.54, 1.807) is 18.2 Å². The second kappa shape index (κ2) is 9.24. The quantitative estimate of drug-likeness (QED) is 0.364. The zero-order valence-corrected chi connectivity index (χ0v) is 20.0. The SMILES string of the molecule is O=C(Nc1ncncc1F)c1cc(NC(=O)[C@H]2[C@H](c3cc(Cl)cc(Cl)c3)C2(Cl)Cl)ccc1Cl. The summed E-state index contributed by atoms with van der Waals surface area (Å²) < 4.78 is 12.4. The number of aromatic nitrogens is 2. The number of hydrogen-bond donors (Lipinski definition) is 2. The molecule has 1 aromatic heterocycles. The number of amides is 2. The van der Waals surface area contributed by atoms with Gasteiger partial charge in [0.1, 0.15) is 10.7 Å². The molecule has 0 bridgehead atoms. The molecule has 2 N–H and O–H groups in total. The van der Waals surface area contributed by atoms with Crippen molar-refractivity contribution in [2.75, 3.05) is 10.6 Å². The molecule has 0 unspecified atom stereocenters. The Morgan fingerprint density at radius 1 is 1.00 bits per heavy atom. The van der Waals surface area contributed by atoms with Crippen molar-refractivity contribution in [1.29, 1.82) is 0 Å². The molecule has 3 aromatic rings. The van der Waals surface area contributed by atoms with Crippen molar-refractivity contribution in [3.63, 3.8) is 0 Å². The van der Waals surface area contributed by atoms with Crippen molar-refractivity contribution in [3.8, 4) is 0 Å². The predicted octanol–water partition coefficient (Wildman–Crippen LogP) is 6.35. The van der Waals surface area contributed by atoms with E-state index in [0.29, 0.717) is 15.6 Å². The number of nitrogens with zero attached hydrogens (tertiary/aromatic N) is 2. The lowest BCUT2D eigenvalue weighted by Gasteiger charge is -2.10. The fourth-order valence-electron chi connectivity index (χ4n) is 3.40. The highest BCUT2D eigenvalue weighted by Crippen LogP contribution is 2.65. The van der Waals surface area contributed by atoms with Gasteiger partial charge in [0.25, 0.3) is 5.91 Å². The van der Waals surface area contributed by atoms with Gasteiger partial charge in [-0.05, 0) is 42.0 Å². The molecule has 0 spiro atoms. The minimum atomic E-state index is -1.37. The van der Waals surface area contributed by atoms with Crippen molar-refractivity contribution in [3.05, 3.63) is 80.9 Å². The Balaban J connectivity index is 1.52. The fraction of sp³-hybridized carbons (Fsp3) is 0.143. The van der Waals surface area contributed by atoms with Crippen LogP contribution in [0.1, 0.15) is 21.8 Å². The Morgan fingerprint density at radius 3 is 2.36 bits per heavy atom. The number of halogens is 6. The van der Waals surface area contributed by atoms with Gasteiger partial charge in [0, 0.05) is 21.7 Å². The molecule has 0 aliphatic heterocycles. The summed E-state index contributed by atoms with van der Waals surface area (Å²) >= 11 is 31.0. The van der Waals surface area contributed by atoms with E-state index < -0.39 is 33.8 Å². The average molecular weight is 549 g/mol. The molecule has 12 heteroatoms. The highest BCUT2D eigenvalue weighted by atomic mass is 35.5. The van der Waals surface area contributed by atoms with Crippen LogP contribution in [0.5, 0.6) is 0 Å². The van der Waals surface area contributed by atoms with E-state index in [1.165, 1.54) is 18.2 Å². The molecule has 1 fully saturated rings. The molecule has 1 heterocycles. The van der Waals surface area contributed by atoms with Crippen LogP contribution in [0, 0.1) is 11.7 Å². The van der Waals surface area contributed by atoms with Gasteiger partial charge in [-0.3, -0.25) is 9.59 Å². The third-order valence-electron chi connectivity index (χ3n) is 4.96. The van der Waals surface area contributed by atoms with Gasteiger partial charge < -0.3 is 10.6 Å². The Hall–Kier alpha value is -2.16. The van der Waals surface area contributed by atoms with Crippen LogP contribution in [0.4, 0.5) is 15.9 Å². The highest BCUT2D eigenvalue weighted by molar-refractivity contribution is 6.53. The van der Waals surface area contributed by atoms with Gasteiger partial charge in [0.05, 0.1) is 22.7 Å². The van der Waals surface area contributed by atoms with E-state index in [2.05, 4.69) is 20.6 Å². The second-order valence-corrected chi connectivity index (χ2v) is 9.91. The van der Waals surface area contributed by atoms with Gasteiger partial charge in [-0.25, -0.2) is 14.4 Å². The largest absolute Gasteiger partial charge is 0.326 e. The number of nitrogens with one attached hydrogen (secondary N) is 2. The second-order valence-electron chi connectivity index (χ2n) is 7.19. The standard InChI is InChI=1S/C21H12Cl5FN4O2/c22-10-3-9(4-11(23)5-10)16-17(21(16,25)26)20(33)30-12-1-2-14(24)13(6-12)19(32)31-18-15(27)7-28-8-29-18/h1-8,16-17H,(H,30,33)(H,28,29,31,32)/t16-,17+/m0/s1. The maximum atomic E-state index is 13.7. The highest BCUT2D eigenvalue weighted by Gasteiger charge is 2.67. The molecule has 2 atom stereocenters. The smallest absolute Gasteiger partial charge is 0.258 e. The van der Waals surface area contributed by atoms with Crippen molar-refractivity contribution >= 4 is 81.3 Å². The van der Waals surface area contributed by atoms with Crippen molar-refractivity contribution in [1.82, 2.24) is 9.97 Å². The molecule has 170 valence electrons. The first-order valence-electron chi connectivity index (χ1n) is 9.29. The third-order valence-corrected chi connectivity index (χ3v) is 6.66. The summed E-state index contributed by atoms with van der Waals surface area (Å²) in [5, 5.41) is 5.84. The third kappa shape index (κ3) is 5.03. The predicted molar refractivity (Wildman–Crippen MR) is 127 cm³/mol. The molecule has 1 aliphatic carbocycles. The lowest BCUT2D eigenvalue weighted by atomic mass is 10.1. The van der Waals surface area contributed by atoms with E-state index in [-0.39, 0.29) is 22.1 Å². The summed E-state index contributed by atoms with van der Waals surface area (Å²) in [5.41, 5.74) is 0.877. The van der Waals surface area contributed by atoms with Crippen LogP contribution in [0.2, 0.25) is 15.1 Å². The topological polar surface area (TPSA) is 84.0 Å². The summed E-state index contributed by atoms with van der Waals surface area (Å²) in [4.78, 5) is 32.6. The zero-order valence-electron chi connectivity index (χ0n) is 16.3. The van der Waals surface area contributed by atoms with E-state index in [9.17, 15) is 14.0 Å². The van der Waals surface area contributed by atoms with Gasteiger partial charge in [0.15, 0.2) is 11.6 Å². The van der Waals surface area contributed by atoms with Crippen LogP contribution < -0.4 is 10.6 Å². The van der Waals surface area contributed by atoms with Gasteiger partial charge in [-0.15, -0.1) is 23.2 Å². The van der Waals surface area contributed by atoms with Gasteiger partial charge in [0.2, 0.25) is 5.91 Å².